The Morgan fingerprint density at radius 1 is 1.05 bits per heavy atom. The van der Waals surface area contributed by atoms with Gasteiger partial charge in [-0.3, -0.25) is 14.2 Å². The van der Waals surface area contributed by atoms with Crippen molar-refractivity contribution in [2.45, 2.75) is 32.4 Å². The number of imidazole rings is 1. The molecular formula is C30H27ClF2N6O2. The number of nitrogens with two attached hydrogens (primary N) is 1. The topological polar surface area (TPSA) is 105 Å². The van der Waals surface area contributed by atoms with Crippen LogP contribution in [0.25, 0.3) is 17.5 Å². The van der Waals surface area contributed by atoms with E-state index in [-0.39, 0.29) is 23.4 Å². The van der Waals surface area contributed by atoms with Crippen molar-refractivity contribution in [3.05, 3.63) is 101 Å². The summed E-state index contributed by atoms with van der Waals surface area (Å²) >= 11 is 5.84. The van der Waals surface area contributed by atoms with Crippen LogP contribution in [0.15, 0.2) is 72.9 Å². The smallest absolute Gasteiger partial charge is 0.244 e. The summed E-state index contributed by atoms with van der Waals surface area (Å²) in [6.07, 6.45) is 3.93. The number of hydrogen-bond acceptors (Lipinski definition) is 5. The second-order valence-corrected chi connectivity index (χ2v) is 9.94. The lowest BCUT2D eigenvalue weighted by Gasteiger charge is -2.25. The summed E-state index contributed by atoms with van der Waals surface area (Å²) in [4.78, 5) is 31.0. The standard InChI is InChI=1S/C30H27ClF2N6O2/c1-2-27(40)35-21-8-6-18(7-9-21)14-25(34)30(41)38-12-13-39-26(17-38)37-28(19-4-3-5-20(32)15-19)29(39)36-22-10-11-23(31)24(33)16-22/h3-13,15-16,25,36H,2,14,17,34H2,1H3,(H,35,40). The number of halogens is 3. The summed E-state index contributed by atoms with van der Waals surface area (Å²) in [5.41, 5.74) is 9.15. The second kappa shape index (κ2) is 11.9. The van der Waals surface area contributed by atoms with Crippen molar-refractivity contribution in [2.75, 3.05) is 10.6 Å². The van der Waals surface area contributed by atoms with Crippen molar-refractivity contribution in [2.24, 2.45) is 5.73 Å². The van der Waals surface area contributed by atoms with Crippen LogP contribution >= 0.6 is 11.6 Å². The van der Waals surface area contributed by atoms with Gasteiger partial charge in [-0.15, -0.1) is 0 Å². The minimum absolute atomic E-state index is 0.0131. The molecule has 0 fully saturated rings. The average Bonchev–Trinajstić information content (AvgIpc) is 3.33. The summed E-state index contributed by atoms with van der Waals surface area (Å²) < 4.78 is 30.0. The lowest BCUT2D eigenvalue weighted by Crippen LogP contribution is -2.43. The van der Waals surface area contributed by atoms with E-state index in [2.05, 4.69) is 10.6 Å². The first-order valence-corrected chi connectivity index (χ1v) is 13.3. The highest BCUT2D eigenvalue weighted by atomic mass is 35.5. The van der Waals surface area contributed by atoms with Crippen LogP contribution in [0.3, 0.4) is 0 Å². The maximum Gasteiger partial charge on any atom is 0.244 e. The van der Waals surface area contributed by atoms with Crippen LogP contribution < -0.4 is 16.4 Å². The normalized spacial score (nSPS) is 13.0. The number of nitrogens with one attached hydrogen (secondary N) is 2. The Hall–Kier alpha value is -4.54. The molecule has 1 aliphatic rings. The molecule has 0 bridgehead atoms. The van der Waals surface area contributed by atoms with Gasteiger partial charge in [-0.25, -0.2) is 13.8 Å². The molecule has 1 atom stereocenters. The van der Waals surface area contributed by atoms with E-state index in [1.165, 1.54) is 29.2 Å². The van der Waals surface area contributed by atoms with Gasteiger partial charge in [-0.1, -0.05) is 42.8 Å². The number of carbonyl (C=O) groups excluding carboxylic acids is 2. The van der Waals surface area contributed by atoms with Gasteiger partial charge in [0.15, 0.2) is 0 Å². The number of aromatic nitrogens is 2. The molecule has 0 radical (unpaired) electrons. The number of carbonyl (C=O) groups is 2. The Balaban J connectivity index is 1.37. The Morgan fingerprint density at radius 2 is 1.80 bits per heavy atom. The van der Waals surface area contributed by atoms with Gasteiger partial charge in [0.2, 0.25) is 11.8 Å². The third-order valence-electron chi connectivity index (χ3n) is 6.59. The van der Waals surface area contributed by atoms with Crippen molar-refractivity contribution < 1.29 is 18.4 Å². The van der Waals surface area contributed by atoms with Crippen molar-refractivity contribution in [1.29, 1.82) is 0 Å². The molecule has 8 nitrogen and oxygen atoms in total. The maximum atomic E-state index is 14.1. The molecule has 2 amide bonds. The number of anilines is 3. The SMILES string of the molecule is CCC(=O)Nc1ccc(CC(N)C(=O)N2C=Cn3c(nc(-c4cccc(F)c4)c3Nc3ccc(Cl)c(F)c3)C2)cc1. The first-order valence-electron chi connectivity index (χ1n) is 12.9. The largest absolute Gasteiger partial charge is 0.339 e. The van der Waals surface area contributed by atoms with Gasteiger partial charge in [0, 0.05) is 35.8 Å². The molecule has 1 aromatic heterocycles. The lowest BCUT2D eigenvalue weighted by atomic mass is 10.0. The first kappa shape index (κ1) is 28.0. The fraction of sp³-hybridized carbons (Fsp3) is 0.167. The first-order chi connectivity index (χ1) is 19.7. The zero-order chi connectivity index (χ0) is 29.1. The van der Waals surface area contributed by atoms with E-state index >= 15 is 0 Å². The average molecular weight is 577 g/mol. The Kier molecular flexibility index (Phi) is 8.14. The minimum Gasteiger partial charge on any atom is -0.339 e. The van der Waals surface area contributed by atoms with Crippen molar-refractivity contribution in [3.8, 4) is 11.3 Å². The number of rotatable bonds is 8. The lowest BCUT2D eigenvalue weighted by molar-refractivity contribution is -0.130. The summed E-state index contributed by atoms with van der Waals surface area (Å²) in [7, 11) is 0. The molecule has 1 aliphatic heterocycles. The second-order valence-electron chi connectivity index (χ2n) is 9.53. The number of benzene rings is 3. The molecule has 3 aromatic carbocycles. The predicted molar refractivity (Wildman–Crippen MR) is 155 cm³/mol. The molecule has 5 rings (SSSR count). The number of hydrogen-bond donors (Lipinski definition) is 3. The van der Waals surface area contributed by atoms with Crippen LogP contribution in [-0.4, -0.2) is 32.3 Å². The number of fused-ring (bicyclic) bond motifs is 1. The zero-order valence-electron chi connectivity index (χ0n) is 22.1. The highest BCUT2D eigenvalue weighted by molar-refractivity contribution is 6.30. The molecule has 4 N–H and O–H groups in total. The Bertz CT molecular complexity index is 1640. The molecule has 2 heterocycles. The van der Waals surface area contributed by atoms with E-state index in [9.17, 15) is 18.4 Å². The minimum atomic E-state index is -0.824. The Morgan fingerprint density at radius 3 is 2.51 bits per heavy atom. The third kappa shape index (κ3) is 6.29. The van der Waals surface area contributed by atoms with Crippen LogP contribution in [0.5, 0.6) is 0 Å². The van der Waals surface area contributed by atoms with Gasteiger partial charge in [-0.2, -0.15) is 0 Å². The van der Waals surface area contributed by atoms with Crippen LogP contribution in [0.1, 0.15) is 24.7 Å². The van der Waals surface area contributed by atoms with Gasteiger partial charge in [-0.05, 0) is 54.4 Å². The molecule has 0 spiro atoms. The molecular weight excluding hydrogens is 550 g/mol. The summed E-state index contributed by atoms with van der Waals surface area (Å²) in [6.45, 7) is 1.89. The molecule has 0 saturated carbocycles. The quantitative estimate of drug-likeness (QED) is 0.242. The van der Waals surface area contributed by atoms with Crippen LogP contribution in [0.2, 0.25) is 5.02 Å². The molecule has 11 heteroatoms. The van der Waals surface area contributed by atoms with E-state index in [1.807, 2.05) is 12.1 Å². The predicted octanol–water partition coefficient (Wildman–Crippen LogP) is 5.91. The maximum absolute atomic E-state index is 14.1. The van der Waals surface area contributed by atoms with Crippen molar-refractivity contribution in [3.63, 3.8) is 0 Å². The van der Waals surface area contributed by atoms with E-state index in [1.54, 1.807) is 54.2 Å². The van der Waals surface area contributed by atoms with Crippen molar-refractivity contribution in [1.82, 2.24) is 14.5 Å². The van der Waals surface area contributed by atoms with Crippen LogP contribution in [0.4, 0.5) is 26.0 Å². The van der Waals surface area contributed by atoms with Gasteiger partial charge in [0.1, 0.15) is 29.0 Å². The zero-order valence-corrected chi connectivity index (χ0v) is 22.8. The van der Waals surface area contributed by atoms with E-state index < -0.39 is 17.7 Å². The fourth-order valence-corrected chi connectivity index (χ4v) is 4.57. The molecule has 0 saturated heterocycles. The fourth-order valence-electron chi connectivity index (χ4n) is 4.45. The van der Waals surface area contributed by atoms with E-state index in [0.29, 0.717) is 47.1 Å². The summed E-state index contributed by atoms with van der Waals surface area (Å²) in [5.74, 6) is -0.449. The van der Waals surface area contributed by atoms with Gasteiger partial charge in [0.25, 0.3) is 0 Å². The number of amides is 2. The van der Waals surface area contributed by atoms with Crippen LogP contribution in [0, 0.1) is 11.6 Å². The van der Waals surface area contributed by atoms with E-state index in [0.717, 1.165) is 5.56 Å². The highest BCUT2D eigenvalue weighted by Gasteiger charge is 2.27. The molecule has 41 heavy (non-hydrogen) atoms. The monoisotopic (exact) mass is 576 g/mol. The highest BCUT2D eigenvalue weighted by Crippen LogP contribution is 2.34. The van der Waals surface area contributed by atoms with Crippen LogP contribution in [-0.2, 0) is 22.6 Å². The summed E-state index contributed by atoms with van der Waals surface area (Å²) in [5, 5.41) is 5.93. The number of nitrogens with zero attached hydrogens (tertiary/aromatic N) is 3. The van der Waals surface area contributed by atoms with Gasteiger partial charge in [0.05, 0.1) is 17.6 Å². The van der Waals surface area contributed by atoms with Gasteiger partial charge >= 0.3 is 0 Å². The molecule has 0 aliphatic carbocycles. The molecule has 210 valence electrons. The van der Waals surface area contributed by atoms with Gasteiger partial charge < -0.3 is 21.3 Å². The van der Waals surface area contributed by atoms with E-state index in [4.69, 9.17) is 22.3 Å². The van der Waals surface area contributed by atoms with Crippen molar-refractivity contribution >= 4 is 46.8 Å². The third-order valence-corrected chi connectivity index (χ3v) is 6.89. The Labute approximate surface area is 240 Å². The molecule has 4 aromatic rings. The summed E-state index contributed by atoms with van der Waals surface area (Å²) in [6, 6.07) is 16.6. The molecule has 1 unspecified atom stereocenters.